The highest BCUT2D eigenvalue weighted by molar-refractivity contribution is 9.10. The molecule has 0 radical (unpaired) electrons. The monoisotopic (exact) mass is 501 g/mol. The molecule has 9 heteroatoms. The maximum absolute atomic E-state index is 12.3. The first-order valence-electron chi connectivity index (χ1n) is 10.2. The number of amides is 1. The van der Waals surface area contributed by atoms with Crippen LogP contribution in [-0.2, 0) is 4.79 Å². The Morgan fingerprint density at radius 2 is 1.77 bits per heavy atom. The van der Waals surface area contributed by atoms with E-state index in [9.17, 15) is 4.79 Å². The molecule has 162 valence electrons. The second-order valence-corrected chi connectivity index (χ2v) is 9.03. The Kier molecular flexibility index (Phi) is 7.26. The molecular weight excluding hydrogens is 478 g/mol. The summed E-state index contributed by atoms with van der Waals surface area (Å²) in [6.07, 6.45) is 0. The van der Waals surface area contributed by atoms with E-state index in [1.54, 1.807) is 0 Å². The lowest BCUT2D eigenvalue weighted by Crippen LogP contribution is -2.46. The smallest absolute Gasteiger partial charge is 0.277 e. The summed E-state index contributed by atoms with van der Waals surface area (Å²) in [7, 11) is 0. The Balaban J connectivity index is 1.26. The van der Waals surface area contributed by atoms with Crippen molar-refractivity contribution in [3.8, 4) is 11.5 Å². The third kappa shape index (κ3) is 5.87. The van der Waals surface area contributed by atoms with Crippen molar-refractivity contribution < 1.29 is 9.21 Å². The van der Waals surface area contributed by atoms with Gasteiger partial charge in [-0.2, -0.15) is 0 Å². The van der Waals surface area contributed by atoms with Crippen molar-refractivity contribution in [3.05, 3.63) is 53.0 Å². The van der Waals surface area contributed by atoms with Gasteiger partial charge in [-0.3, -0.25) is 4.79 Å². The number of thioether (sulfide) groups is 1. The number of carbonyl (C=O) groups is 1. The first kappa shape index (κ1) is 21.9. The first-order valence-corrected chi connectivity index (χ1v) is 12.0. The average molecular weight is 502 g/mol. The number of likely N-dealkylation sites (N-methyl/N-ethyl adjacent to an activating group) is 1. The largest absolute Gasteiger partial charge is 0.411 e. The summed E-state index contributed by atoms with van der Waals surface area (Å²) in [6, 6.07) is 15.6. The highest BCUT2D eigenvalue weighted by Crippen LogP contribution is 2.25. The van der Waals surface area contributed by atoms with Crippen LogP contribution in [0.1, 0.15) is 6.92 Å². The number of nitrogens with one attached hydrogen (secondary N) is 1. The number of nitrogens with zero attached hydrogens (tertiary/aromatic N) is 4. The summed E-state index contributed by atoms with van der Waals surface area (Å²) >= 11 is 4.62. The molecule has 0 unspecified atom stereocenters. The van der Waals surface area contributed by atoms with Gasteiger partial charge >= 0.3 is 0 Å². The lowest BCUT2D eigenvalue weighted by atomic mass is 10.2. The van der Waals surface area contributed by atoms with Crippen molar-refractivity contribution in [1.29, 1.82) is 0 Å². The standard InChI is InChI=1S/C22H24BrN5O2S/c1-2-27-11-13-28(14-12-27)19-9-7-18(8-10-19)24-20(29)15-31-22-26-25-21(30-22)16-3-5-17(23)6-4-16/h3-10H,2,11-15H2,1H3,(H,24,29). The number of hydrogen-bond acceptors (Lipinski definition) is 7. The van der Waals surface area contributed by atoms with E-state index < -0.39 is 0 Å². The van der Waals surface area contributed by atoms with Crippen molar-refractivity contribution in [2.24, 2.45) is 0 Å². The highest BCUT2D eigenvalue weighted by atomic mass is 79.9. The van der Waals surface area contributed by atoms with Gasteiger partial charge in [-0.1, -0.05) is 34.6 Å². The maximum Gasteiger partial charge on any atom is 0.277 e. The highest BCUT2D eigenvalue weighted by Gasteiger charge is 2.16. The van der Waals surface area contributed by atoms with E-state index in [0.717, 1.165) is 48.4 Å². The number of halogens is 1. The molecule has 0 spiro atoms. The zero-order chi connectivity index (χ0) is 21.6. The third-order valence-corrected chi connectivity index (χ3v) is 6.51. The van der Waals surface area contributed by atoms with Crippen LogP contribution in [0.15, 0.2) is 62.6 Å². The van der Waals surface area contributed by atoms with Gasteiger partial charge in [-0.05, 0) is 55.1 Å². The number of benzene rings is 2. The fourth-order valence-electron chi connectivity index (χ4n) is 3.38. The summed E-state index contributed by atoms with van der Waals surface area (Å²) in [5, 5.41) is 11.4. The average Bonchev–Trinajstić information content (AvgIpc) is 3.28. The molecule has 0 bridgehead atoms. The number of carbonyl (C=O) groups excluding carboxylic acids is 1. The van der Waals surface area contributed by atoms with Crippen molar-refractivity contribution in [2.75, 3.05) is 48.7 Å². The molecule has 2 heterocycles. The van der Waals surface area contributed by atoms with Gasteiger partial charge in [0.15, 0.2) is 0 Å². The van der Waals surface area contributed by atoms with Crippen LogP contribution in [0.2, 0.25) is 0 Å². The van der Waals surface area contributed by atoms with E-state index in [0.29, 0.717) is 11.1 Å². The Morgan fingerprint density at radius 3 is 2.45 bits per heavy atom. The number of aromatic nitrogens is 2. The molecule has 0 saturated carbocycles. The van der Waals surface area contributed by atoms with E-state index in [2.05, 4.69) is 60.3 Å². The number of hydrogen-bond donors (Lipinski definition) is 1. The molecule has 0 atom stereocenters. The summed E-state index contributed by atoms with van der Waals surface area (Å²) < 4.78 is 6.63. The lowest BCUT2D eigenvalue weighted by molar-refractivity contribution is -0.113. The third-order valence-electron chi connectivity index (χ3n) is 5.16. The molecule has 3 aromatic rings. The van der Waals surface area contributed by atoms with E-state index in [1.165, 1.54) is 17.4 Å². The molecule has 7 nitrogen and oxygen atoms in total. The molecule has 4 rings (SSSR count). The minimum Gasteiger partial charge on any atom is -0.411 e. The molecular formula is C22H24BrN5O2S. The van der Waals surface area contributed by atoms with Gasteiger partial charge in [0.05, 0.1) is 5.75 Å². The second-order valence-electron chi connectivity index (χ2n) is 7.19. The van der Waals surface area contributed by atoms with Gasteiger partial charge in [0.1, 0.15) is 0 Å². The molecule has 2 aromatic carbocycles. The summed E-state index contributed by atoms with van der Waals surface area (Å²) in [5.74, 6) is 0.520. The van der Waals surface area contributed by atoms with Crippen LogP contribution in [0.5, 0.6) is 0 Å². The van der Waals surface area contributed by atoms with Crippen LogP contribution in [0.25, 0.3) is 11.5 Å². The number of anilines is 2. The van der Waals surface area contributed by atoms with Crippen LogP contribution >= 0.6 is 27.7 Å². The zero-order valence-electron chi connectivity index (χ0n) is 17.3. The molecule has 31 heavy (non-hydrogen) atoms. The molecule has 1 aliphatic rings. The Labute approximate surface area is 194 Å². The van der Waals surface area contributed by atoms with E-state index in [1.807, 2.05) is 36.4 Å². The maximum atomic E-state index is 12.3. The predicted molar refractivity (Wildman–Crippen MR) is 128 cm³/mol. The Morgan fingerprint density at radius 1 is 1.06 bits per heavy atom. The molecule has 0 aliphatic carbocycles. The van der Waals surface area contributed by atoms with Gasteiger partial charge < -0.3 is 19.5 Å². The van der Waals surface area contributed by atoms with E-state index in [-0.39, 0.29) is 11.7 Å². The van der Waals surface area contributed by atoms with Gasteiger partial charge in [-0.15, -0.1) is 10.2 Å². The second kappa shape index (κ2) is 10.3. The normalized spacial score (nSPS) is 14.6. The van der Waals surface area contributed by atoms with Crippen LogP contribution in [0.4, 0.5) is 11.4 Å². The Hall–Kier alpha value is -2.36. The van der Waals surface area contributed by atoms with Crippen LogP contribution < -0.4 is 10.2 Å². The predicted octanol–water partition coefficient (Wildman–Crippen LogP) is 4.37. The van der Waals surface area contributed by atoms with Crippen molar-refractivity contribution in [3.63, 3.8) is 0 Å². The molecule has 1 fully saturated rings. The molecule has 1 aromatic heterocycles. The van der Waals surface area contributed by atoms with Crippen LogP contribution in [0, 0.1) is 0 Å². The molecule has 1 saturated heterocycles. The Bertz CT molecular complexity index is 1000. The summed E-state index contributed by atoms with van der Waals surface area (Å²) in [5.41, 5.74) is 2.81. The van der Waals surface area contributed by atoms with Gasteiger partial charge in [-0.25, -0.2) is 0 Å². The number of rotatable bonds is 7. The number of piperazine rings is 1. The topological polar surface area (TPSA) is 74.5 Å². The van der Waals surface area contributed by atoms with Gasteiger partial charge in [0.2, 0.25) is 11.8 Å². The minimum atomic E-state index is -0.113. The SMILES string of the molecule is CCN1CCN(c2ccc(NC(=O)CSc3nnc(-c4ccc(Br)cc4)o3)cc2)CC1. The lowest BCUT2D eigenvalue weighted by Gasteiger charge is -2.35. The van der Waals surface area contributed by atoms with Crippen molar-refractivity contribution >= 4 is 45.0 Å². The molecule has 1 N–H and O–H groups in total. The summed E-state index contributed by atoms with van der Waals surface area (Å²) in [6.45, 7) is 7.54. The molecule has 1 amide bonds. The first-order chi connectivity index (χ1) is 15.1. The van der Waals surface area contributed by atoms with E-state index >= 15 is 0 Å². The quantitative estimate of drug-likeness (QED) is 0.481. The van der Waals surface area contributed by atoms with Crippen LogP contribution in [-0.4, -0.2) is 59.5 Å². The molecule has 1 aliphatic heterocycles. The van der Waals surface area contributed by atoms with Crippen molar-refractivity contribution in [2.45, 2.75) is 12.1 Å². The minimum absolute atomic E-state index is 0.113. The fourth-order valence-corrected chi connectivity index (χ4v) is 4.21. The van der Waals surface area contributed by atoms with Crippen LogP contribution in [0.3, 0.4) is 0 Å². The van der Waals surface area contributed by atoms with Gasteiger partial charge in [0, 0.05) is 47.6 Å². The fraction of sp³-hybridized carbons (Fsp3) is 0.318. The van der Waals surface area contributed by atoms with E-state index in [4.69, 9.17) is 4.42 Å². The van der Waals surface area contributed by atoms with Crippen molar-refractivity contribution in [1.82, 2.24) is 15.1 Å². The van der Waals surface area contributed by atoms with Gasteiger partial charge in [0.25, 0.3) is 5.22 Å². The zero-order valence-corrected chi connectivity index (χ0v) is 19.7. The summed E-state index contributed by atoms with van der Waals surface area (Å²) in [4.78, 5) is 17.1.